The number of halogens is 1. The summed E-state index contributed by atoms with van der Waals surface area (Å²) in [5.74, 6) is -0.122. The van der Waals surface area contributed by atoms with Gasteiger partial charge in [-0.2, -0.15) is 0 Å². The summed E-state index contributed by atoms with van der Waals surface area (Å²) in [5, 5.41) is 0. The Bertz CT molecular complexity index is 953. The van der Waals surface area contributed by atoms with E-state index in [4.69, 9.17) is 0 Å². The molecular weight excluding hydrogens is 347 g/mol. The third-order valence-electron chi connectivity index (χ3n) is 5.63. The van der Waals surface area contributed by atoms with E-state index in [-0.39, 0.29) is 12.0 Å². The number of benzene rings is 3. The molecule has 0 amide bonds. The molecule has 0 aliphatic carbocycles. The summed E-state index contributed by atoms with van der Waals surface area (Å²) in [6.45, 7) is 7.72. The van der Waals surface area contributed by atoms with Crippen LogP contribution in [0.25, 0.3) is 0 Å². The van der Waals surface area contributed by atoms with Crippen molar-refractivity contribution in [2.45, 2.75) is 33.1 Å². The number of rotatable bonds is 5. The van der Waals surface area contributed by atoms with Crippen LogP contribution in [0, 0.1) is 19.7 Å². The SMILES string of the molecule is Cc1cccc(CN2CCN(Cc3ccccc3F)[C@@H]2c2ccccc2C)c1. The van der Waals surface area contributed by atoms with E-state index in [1.54, 1.807) is 12.1 Å². The van der Waals surface area contributed by atoms with Gasteiger partial charge in [-0.05, 0) is 36.6 Å². The highest BCUT2D eigenvalue weighted by Gasteiger charge is 2.34. The molecule has 0 saturated carbocycles. The van der Waals surface area contributed by atoms with Gasteiger partial charge in [0.25, 0.3) is 0 Å². The fourth-order valence-corrected chi connectivity index (χ4v) is 4.22. The van der Waals surface area contributed by atoms with Crippen molar-refractivity contribution in [1.29, 1.82) is 0 Å². The molecule has 1 fully saturated rings. The van der Waals surface area contributed by atoms with E-state index in [1.807, 2.05) is 12.1 Å². The second-order valence-electron chi connectivity index (χ2n) is 7.75. The molecule has 28 heavy (non-hydrogen) atoms. The van der Waals surface area contributed by atoms with Gasteiger partial charge in [-0.15, -0.1) is 0 Å². The van der Waals surface area contributed by atoms with Crippen LogP contribution in [0.4, 0.5) is 4.39 Å². The van der Waals surface area contributed by atoms with Crippen molar-refractivity contribution in [1.82, 2.24) is 9.80 Å². The first-order valence-electron chi connectivity index (χ1n) is 9.94. The minimum atomic E-state index is -0.122. The molecule has 3 aromatic carbocycles. The van der Waals surface area contributed by atoms with Gasteiger partial charge in [0.1, 0.15) is 5.82 Å². The van der Waals surface area contributed by atoms with Gasteiger partial charge in [-0.25, -0.2) is 4.39 Å². The Morgan fingerprint density at radius 1 is 0.821 bits per heavy atom. The monoisotopic (exact) mass is 374 g/mol. The van der Waals surface area contributed by atoms with Crippen LogP contribution >= 0.6 is 0 Å². The highest BCUT2D eigenvalue weighted by Crippen LogP contribution is 2.34. The lowest BCUT2D eigenvalue weighted by atomic mass is 10.0. The van der Waals surface area contributed by atoms with E-state index in [1.165, 1.54) is 22.3 Å². The molecule has 3 aromatic rings. The van der Waals surface area contributed by atoms with Crippen LogP contribution in [-0.4, -0.2) is 22.9 Å². The van der Waals surface area contributed by atoms with Gasteiger partial charge in [0.2, 0.25) is 0 Å². The Kier molecular flexibility index (Phi) is 5.56. The smallest absolute Gasteiger partial charge is 0.127 e. The lowest BCUT2D eigenvalue weighted by molar-refractivity contribution is 0.124. The highest BCUT2D eigenvalue weighted by molar-refractivity contribution is 5.30. The molecule has 3 heteroatoms. The Labute approximate surface area is 167 Å². The maximum Gasteiger partial charge on any atom is 0.127 e. The van der Waals surface area contributed by atoms with E-state index < -0.39 is 0 Å². The summed E-state index contributed by atoms with van der Waals surface area (Å²) in [6.07, 6.45) is 0.154. The molecule has 144 valence electrons. The molecular formula is C25H27FN2. The largest absolute Gasteiger partial charge is 0.278 e. The summed E-state index contributed by atoms with van der Waals surface area (Å²) in [4.78, 5) is 4.91. The van der Waals surface area contributed by atoms with E-state index in [0.29, 0.717) is 6.54 Å². The highest BCUT2D eigenvalue weighted by atomic mass is 19.1. The van der Waals surface area contributed by atoms with Crippen LogP contribution < -0.4 is 0 Å². The van der Waals surface area contributed by atoms with Crippen LogP contribution in [0.2, 0.25) is 0 Å². The van der Waals surface area contributed by atoms with Crippen molar-refractivity contribution in [3.63, 3.8) is 0 Å². The maximum atomic E-state index is 14.3. The second kappa shape index (κ2) is 8.26. The number of hydrogen-bond acceptors (Lipinski definition) is 2. The molecule has 1 aliphatic heterocycles. The molecule has 0 bridgehead atoms. The fraction of sp³-hybridized carbons (Fsp3) is 0.280. The van der Waals surface area contributed by atoms with Crippen molar-refractivity contribution in [2.75, 3.05) is 13.1 Å². The molecule has 1 aliphatic rings. The Morgan fingerprint density at radius 2 is 1.54 bits per heavy atom. The first kappa shape index (κ1) is 18.9. The molecule has 0 spiro atoms. The average molecular weight is 375 g/mol. The number of aryl methyl sites for hydroxylation is 2. The molecule has 0 aromatic heterocycles. The van der Waals surface area contributed by atoms with Crippen LogP contribution in [0.1, 0.15) is 34.0 Å². The van der Waals surface area contributed by atoms with Crippen LogP contribution in [-0.2, 0) is 13.1 Å². The maximum absolute atomic E-state index is 14.3. The van der Waals surface area contributed by atoms with Gasteiger partial charge in [0.15, 0.2) is 0 Å². The lowest BCUT2D eigenvalue weighted by Gasteiger charge is -2.32. The van der Waals surface area contributed by atoms with Crippen molar-refractivity contribution < 1.29 is 4.39 Å². The van der Waals surface area contributed by atoms with Gasteiger partial charge in [-0.3, -0.25) is 9.80 Å². The predicted molar refractivity (Wildman–Crippen MR) is 112 cm³/mol. The molecule has 0 N–H and O–H groups in total. The summed E-state index contributed by atoms with van der Waals surface area (Å²) < 4.78 is 14.3. The molecule has 1 saturated heterocycles. The van der Waals surface area contributed by atoms with E-state index in [9.17, 15) is 4.39 Å². The zero-order valence-corrected chi connectivity index (χ0v) is 16.6. The molecule has 4 rings (SSSR count). The standard InChI is InChI=1S/C25H27FN2/c1-19-8-7-10-21(16-19)17-27-14-15-28(18-22-11-4-6-13-24(22)26)25(27)23-12-5-3-9-20(23)2/h3-13,16,25H,14-15,17-18H2,1-2H3/t25-/m1/s1. The first-order chi connectivity index (χ1) is 13.6. The zero-order valence-electron chi connectivity index (χ0n) is 16.6. The zero-order chi connectivity index (χ0) is 19.5. The number of hydrogen-bond donors (Lipinski definition) is 0. The molecule has 2 nitrogen and oxygen atoms in total. The summed E-state index contributed by atoms with van der Waals surface area (Å²) in [5.41, 5.74) is 5.96. The predicted octanol–water partition coefficient (Wildman–Crippen LogP) is 5.46. The van der Waals surface area contributed by atoms with Gasteiger partial charge < -0.3 is 0 Å². The fourth-order valence-electron chi connectivity index (χ4n) is 4.22. The quantitative estimate of drug-likeness (QED) is 0.585. The average Bonchev–Trinajstić information content (AvgIpc) is 3.06. The van der Waals surface area contributed by atoms with Crippen molar-refractivity contribution >= 4 is 0 Å². The van der Waals surface area contributed by atoms with E-state index in [0.717, 1.165) is 25.2 Å². The Balaban J connectivity index is 1.65. The van der Waals surface area contributed by atoms with E-state index >= 15 is 0 Å². The third kappa shape index (κ3) is 4.01. The van der Waals surface area contributed by atoms with Crippen LogP contribution in [0.3, 0.4) is 0 Å². The molecule has 1 atom stereocenters. The van der Waals surface area contributed by atoms with Gasteiger partial charge in [0, 0.05) is 31.7 Å². The van der Waals surface area contributed by atoms with Gasteiger partial charge >= 0.3 is 0 Å². The van der Waals surface area contributed by atoms with Gasteiger partial charge in [-0.1, -0.05) is 72.3 Å². The van der Waals surface area contributed by atoms with Crippen molar-refractivity contribution in [3.8, 4) is 0 Å². The molecule has 0 radical (unpaired) electrons. The van der Waals surface area contributed by atoms with Gasteiger partial charge in [0.05, 0.1) is 6.17 Å². The lowest BCUT2D eigenvalue weighted by Crippen LogP contribution is -2.31. The Hall–Kier alpha value is -2.49. The summed E-state index contributed by atoms with van der Waals surface area (Å²) in [6, 6.07) is 24.4. The molecule has 0 unspecified atom stereocenters. The first-order valence-corrected chi connectivity index (χ1v) is 9.94. The van der Waals surface area contributed by atoms with Crippen molar-refractivity contribution in [2.24, 2.45) is 0 Å². The third-order valence-corrected chi connectivity index (χ3v) is 5.63. The minimum absolute atomic E-state index is 0.122. The van der Waals surface area contributed by atoms with Crippen LogP contribution in [0.15, 0.2) is 72.8 Å². The topological polar surface area (TPSA) is 6.48 Å². The normalized spacial score (nSPS) is 17.9. The minimum Gasteiger partial charge on any atom is -0.278 e. The molecule has 1 heterocycles. The second-order valence-corrected chi connectivity index (χ2v) is 7.75. The van der Waals surface area contributed by atoms with E-state index in [2.05, 4.69) is 72.2 Å². The van der Waals surface area contributed by atoms with Crippen LogP contribution in [0.5, 0.6) is 0 Å². The van der Waals surface area contributed by atoms with Crippen molar-refractivity contribution in [3.05, 3.63) is 106 Å². The number of nitrogens with zero attached hydrogens (tertiary/aromatic N) is 2. The summed E-state index contributed by atoms with van der Waals surface area (Å²) >= 11 is 0. The summed E-state index contributed by atoms with van der Waals surface area (Å²) in [7, 11) is 0. The Morgan fingerprint density at radius 3 is 2.29 bits per heavy atom.